The van der Waals surface area contributed by atoms with E-state index in [1.807, 2.05) is 60.7 Å². The molecule has 210 valence electrons. The molecular weight excluding hydrogens is 528 g/mol. The van der Waals surface area contributed by atoms with Gasteiger partial charge in [-0.05, 0) is 73.8 Å². The minimum absolute atomic E-state index is 0.0135. The largest absolute Gasteiger partial charge is 0.497 e. The van der Waals surface area contributed by atoms with Gasteiger partial charge < -0.3 is 20.4 Å². The lowest BCUT2D eigenvalue weighted by Gasteiger charge is -2.21. The van der Waals surface area contributed by atoms with E-state index in [-0.39, 0.29) is 5.91 Å². The summed E-state index contributed by atoms with van der Waals surface area (Å²) in [4.78, 5) is 30.4. The molecule has 10 nitrogen and oxygen atoms in total. The molecule has 0 spiro atoms. The first kappa shape index (κ1) is 25.8. The first-order valence-corrected chi connectivity index (χ1v) is 14.1. The van der Waals surface area contributed by atoms with Crippen LogP contribution in [0.3, 0.4) is 0 Å². The van der Waals surface area contributed by atoms with Crippen molar-refractivity contribution in [2.45, 2.75) is 19.3 Å². The van der Waals surface area contributed by atoms with Crippen LogP contribution in [0.2, 0.25) is 0 Å². The van der Waals surface area contributed by atoms with E-state index < -0.39 is 0 Å². The third-order valence-electron chi connectivity index (χ3n) is 7.78. The van der Waals surface area contributed by atoms with Gasteiger partial charge in [0.2, 0.25) is 5.91 Å². The van der Waals surface area contributed by atoms with Crippen molar-refractivity contribution in [2.75, 3.05) is 25.5 Å². The summed E-state index contributed by atoms with van der Waals surface area (Å²) in [6, 6.07) is 19.8. The number of fused-ring (bicyclic) bond motifs is 2. The summed E-state index contributed by atoms with van der Waals surface area (Å²) < 4.78 is 5.43. The minimum Gasteiger partial charge on any atom is -0.497 e. The number of hydrogen-bond donors (Lipinski definition) is 4. The molecule has 0 bridgehead atoms. The maximum atomic E-state index is 12.7. The number of benzene rings is 2. The number of aromatic amines is 2. The molecule has 0 atom stereocenters. The van der Waals surface area contributed by atoms with Gasteiger partial charge in [0.05, 0.1) is 41.2 Å². The Balaban J connectivity index is 1.19. The van der Waals surface area contributed by atoms with Crippen molar-refractivity contribution in [3.05, 3.63) is 73.1 Å². The number of para-hydroxylation sites is 1. The molecule has 10 heteroatoms. The second-order valence-corrected chi connectivity index (χ2v) is 10.6. The van der Waals surface area contributed by atoms with Crippen LogP contribution in [0, 0.1) is 5.92 Å². The van der Waals surface area contributed by atoms with E-state index in [0.29, 0.717) is 35.1 Å². The Bertz CT molecular complexity index is 1900. The SMILES string of the molecule is COc1cccc(-c2cccc3[nH]c(-c4n[nH]c5ccc(-c6cncc(NC(=O)CC7CCNCC7)c6)nc45)nc23)c1. The standard InChI is InChI=1S/C32H30N8O2/c1-42-23-5-2-4-20(16-23)24-6-3-7-26-29(24)38-32(37-26)31-30-27(39-40-31)9-8-25(36-30)21-15-22(18-34-17-21)35-28(41)14-19-10-12-33-13-11-19/h2-9,15-19,33H,10-14H2,1H3,(H,35,41)(H,37,38)(H,39,40). The number of carbonyl (C=O) groups excluding carboxylic acids is 1. The number of aromatic nitrogens is 6. The van der Waals surface area contributed by atoms with E-state index in [1.54, 1.807) is 19.5 Å². The molecule has 4 N–H and O–H groups in total. The smallest absolute Gasteiger partial charge is 0.224 e. The Labute approximate surface area is 242 Å². The van der Waals surface area contributed by atoms with Crippen LogP contribution < -0.4 is 15.4 Å². The Kier molecular flexibility index (Phi) is 6.81. The molecule has 0 unspecified atom stereocenters. The predicted molar refractivity (Wildman–Crippen MR) is 163 cm³/mol. The molecule has 1 saturated heterocycles. The van der Waals surface area contributed by atoms with E-state index in [4.69, 9.17) is 14.7 Å². The van der Waals surface area contributed by atoms with Gasteiger partial charge in [-0.15, -0.1) is 0 Å². The number of imidazole rings is 1. The Morgan fingerprint density at radius 2 is 1.83 bits per heavy atom. The molecule has 4 aromatic heterocycles. The second kappa shape index (κ2) is 11.1. The fourth-order valence-corrected chi connectivity index (χ4v) is 5.60. The number of nitrogens with zero attached hydrogens (tertiary/aromatic N) is 4. The van der Waals surface area contributed by atoms with E-state index >= 15 is 0 Å². The predicted octanol–water partition coefficient (Wildman–Crippen LogP) is 5.57. The van der Waals surface area contributed by atoms with E-state index in [1.165, 1.54) is 0 Å². The van der Waals surface area contributed by atoms with Crippen LogP contribution >= 0.6 is 0 Å². The lowest BCUT2D eigenvalue weighted by atomic mass is 9.94. The third kappa shape index (κ3) is 5.08. The number of pyridine rings is 2. The average Bonchev–Trinajstić information content (AvgIpc) is 3.65. The van der Waals surface area contributed by atoms with Crippen molar-refractivity contribution < 1.29 is 9.53 Å². The van der Waals surface area contributed by atoms with Gasteiger partial charge in [-0.1, -0.05) is 24.3 Å². The fraction of sp³-hybridized carbons (Fsp3) is 0.219. The number of nitrogens with one attached hydrogen (secondary N) is 4. The Hall–Kier alpha value is -5.09. The highest BCUT2D eigenvalue weighted by atomic mass is 16.5. The average molecular weight is 559 g/mol. The first-order chi connectivity index (χ1) is 20.6. The number of amides is 1. The number of piperidine rings is 1. The highest BCUT2D eigenvalue weighted by Crippen LogP contribution is 2.33. The van der Waals surface area contributed by atoms with Gasteiger partial charge in [0.1, 0.15) is 11.3 Å². The monoisotopic (exact) mass is 558 g/mol. The van der Waals surface area contributed by atoms with Crippen LogP contribution in [-0.2, 0) is 4.79 Å². The Morgan fingerprint density at radius 1 is 0.952 bits per heavy atom. The first-order valence-electron chi connectivity index (χ1n) is 14.1. The molecule has 0 aliphatic carbocycles. The van der Waals surface area contributed by atoms with Crippen LogP contribution in [0.1, 0.15) is 19.3 Å². The van der Waals surface area contributed by atoms with Gasteiger partial charge in [0, 0.05) is 23.7 Å². The van der Waals surface area contributed by atoms with Crippen molar-refractivity contribution in [1.82, 2.24) is 35.5 Å². The van der Waals surface area contributed by atoms with Crippen LogP contribution in [0.25, 0.3) is 56.0 Å². The number of rotatable bonds is 7. The van der Waals surface area contributed by atoms with Gasteiger partial charge in [0.15, 0.2) is 11.5 Å². The normalized spacial score (nSPS) is 13.9. The van der Waals surface area contributed by atoms with Gasteiger partial charge in [0.25, 0.3) is 0 Å². The van der Waals surface area contributed by atoms with Crippen LogP contribution in [0.15, 0.2) is 73.1 Å². The number of ether oxygens (including phenoxy) is 1. The maximum Gasteiger partial charge on any atom is 0.224 e. The van der Waals surface area contributed by atoms with Crippen molar-refractivity contribution in [3.8, 4) is 39.7 Å². The van der Waals surface area contributed by atoms with Crippen LogP contribution in [0.4, 0.5) is 5.69 Å². The molecular formula is C32H30N8O2. The van der Waals surface area contributed by atoms with Crippen LogP contribution in [-0.4, -0.2) is 56.2 Å². The van der Waals surface area contributed by atoms with Crippen molar-refractivity contribution >= 4 is 33.7 Å². The van der Waals surface area contributed by atoms with Gasteiger partial charge in [-0.3, -0.25) is 14.9 Å². The summed E-state index contributed by atoms with van der Waals surface area (Å²) in [5.41, 5.74) is 8.03. The number of carbonyl (C=O) groups is 1. The van der Waals surface area contributed by atoms with E-state index in [0.717, 1.165) is 70.6 Å². The molecule has 42 heavy (non-hydrogen) atoms. The summed E-state index contributed by atoms with van der Waals surface area (Å²) in [5, 5.41) is 14.0. The summed E-state index contributed by atoms with van der Waals surface area (Å²) in [6.07, 6.45) is 5.98. The molecule has 1 aliphatic heterocycles. The van der Waals surface area contributed by atoms with Crippen LogP contribution in [0.5, 0.6) is 5.75 Å². The highest BCUT2D eigenvalue weighted by molar-refractivity contribution is 5.96. The Morgan fingerprint density at radius 3 is 2.71 bits per heavy atom. The second-order valence-electron chi connectivity index (χ2n) is 10.6. The molecule has 1 aliphatic rings. The van der Waals surface area contributed by atoms with Gasteiger partial charge in [-0.2, -0.15) is 5.10 Å². The number of anilines is 1. The molecule has 0 radical (unpaired) electrons. The molecule has 5 heterocycles. The lowest BCUT2D eigenvalue weighted by molar-refractivity contribution is -0.117. The highest BCUT2D eigenvalue weighted by Gasteiger charge is 2.19. The summed E-state index contributed by atoms with van der Waals surface area (Å²) >= 11 is 0. The fourth-order valence-electron chi connectivity index (χ4n) is 5.60. The van der Waals surface area contributed by atoms with E-state index in [9.17, 15) is 4.79 Å². The zero-order valence-electron chi connectivity index (χ0n) is 23.1. The topological polar surface area (TPSA) is 134 Å². The third-order valence-corrected chi connectivity index (χ3v) is 7.78. The van der Waals surface area contributed by atoms with E-state index in [2.05, 4.69) is 30.8 Å². The zero-order chi connectivity index (χ0) is 28.5. The number of hydrogen-bond acceptors (Lipinski definition) is 7. The van der Waals surface area contributed by atoms with Gasteiger partial charge in [-0.25, -0.2) is 9.97 Å². The van der Waals surface area contributed by atoms with Crippen molar-refractivity contribution in [3.63, 3.8) is 0 Å². The molecule has 2 aromatic carbocycles. The zero-order valence-corrected chi connectivity index (χ0v) is 23.1. The minimum atomic E-state index is 0.0135. The molecule has 1 fully saturated rings. The quantitative estimate of drug-likeness (QED) is 0.201. The number of H-pyrrole nitrogens is 2. The summed E-state index contributed by atoms with van der Waals surface area (Å²) in [5.74, 6) is 1.83. The molecule has 0 saturated carbocycles. The molecule has 1 amide bonds. The molecule has 6 aromatic rings. The summed E-state index contributed by atoms with van der Waals surface area (Å²) in [7, 11) is 1.66. The van der Waals surface area contributed by atoms with Crippen molar-refractivity contribution in [1.29, 1.82) is 0 Å². The molecule has 7 rings (SSSR count). The maximum absolute atomic E-state index is 12.7. The lowest BCUT2D eigenvalue weighted by Crippen LogP contribution is -2.30. The van der Waals surface area contributed by atoms with Crippen molar-refractivity contribution in [2.24, 2.45) is 5.92 Å². The summed E-state index contributed by atoms with van der Waals surface area (Å²) in [6.45, 7) is 1.94. The van der Waals surface area contributed by atoms with Gasteiger partial charge >= 0.3 is 0 Å². The number of methoxy groups -OCH3 is 1.